The van der Waals surface area contributed by atoms with E-state index in [1.165, 1.54) is 12.8 Å². The monoisotopic (exact) mass is 355 g/mol. The van der Waals surface area contributed by atoms with Gasteiger partial charge >= 0.3 is 0 Å². The summed E-state index contributed by atoms with van der Waals surface area (Å²) in [6, 6.07) is 8.50. The van der Waals surface area contributed by atoms with Crippen LogP contribution in [-0.2, 0) is 4.79 Å². The van der Waals surface area contributed by atoms with Crippen LogP contribution in [0.25, 0.3) is 11.0 Å². The van der Waals surface area contributed by atoms with Crippen molar-refractivity contribution in [3.8, 4) is 0 Å². The highest BCUT2D eigenvalue weighted by Gasteiger charge is 2.23. The predicted molar refractivity (Wildman–Crippen MR) is 104 cm³/mol. The van der Waals surface area contributed by atoms with E-state index in [1.54, 1.807) is 0 Å². The molecule has 2 aromatic rings. The zero-order chi connectivity index (χ0) is 17.9. The number of nitrogens with one attached hydrogen (secondary N) is 2. The summed E-state index contributed by atoms with van der Waals surface area (Å²) in [7, 11) is 0. The number of nitrogens with zero attached hydrogens (tertiary/aromatic N) is 3. The molecule has 2 fully saturated rings. The van der Waals surface area contributed by atoms with E-state index in [1.807, 2.05) is 18.2 Å². The van der Waals surface area contributed by atoms with Crippen molar-refractivity contribution in [2.75, 3.05) is 37.6 Å². The Hall–Kier alpha value is -2.08. The van der Waals surface area contributed by atoms with E-state index in [0.29, 0.717) is 12.6 Å². The maximum atomic E-state index is 12.3. The number of carbonyl (C=O) groups is 1. The predicted octanol–water partition coefficient (Wildman–Crippen LogP) is 2.38. The standard InChI is InChI=1S/C20H29N5O/c1-15-6-8-16(9-7-15)21-19(26)14-24-10-12-25(13-11-24)20-22-17-4-2-3-5-18(17)23-20/h2-5,15-16H,6-14H2,1H3,(H,21,26)(H,22,23). The third kappa shape index (κ3) is 4.01. The second-order valence-corrected chi connectivity index (χ2v) is 7.87. The first-order valence-electron chi connectivity index (χ1n) is 9.89. The number of hydrogen-bond acceptors (Lipinski definition) is 4. The van der Waals surface area contributed by atoms with Crippen LogP contribution < -0.4 is 10.2 Å². The quantitative estimate of drug-likeness (QED) is 0.884. The lowest BCUT2D eigenvalue weighted by Crippen LogP contribution is -2.51. The second-order valence-electron chi connectivity index (χ2n) is 7.87. The van der Waals surface area contributed by atoms with Crippen molar-refractivity contribution in [3.63, 3.8) is 0 Å². The topological polar surface area (TPSA) is 64.3 Å². The van der Waals surface area contributed by atoms with Crippen LogP contribution in [0.2, 0.25) is 0 Å². The summed E-state index contributed by atoms with van der Waals surface area (Å²) >= 11 is 0. The number of anilines is 1. The van der Waals surface area contributed by atoms with E-state index in [-0.39, 0.29) is 5.91 Å². The van der Waals surface area contributed by atoms with Crippen LogP contribution in [0.4, 0.5) is 5.95 Å². The van der Waals surface area contributed by atoms with Crippen LogP contribution >= 0.6 is 0 Å². The largest absolute Gasteiger partial charge is 0.352 e. The summed E-state index contributed by atoms with van der Waals surface area (Å²) < 4.78 is 0. The van der Waals surface area contributed by atoms with E-state index >= 15 is 0 Å². The number of benzene rings is 1. The number of imidazole rings is 1. The van der Waals surface area contributed by atoms with Crippen LogP contribution in [0, 0.1) is 5.92 Å². The minimum Gasteiger partial charge on any atom is -0.352 e. The SMILES string of the molecule is CC1CCC(NC(=O)CN2CCN(c3nc4ccccc4[nH]3)CC2)CC1. The normalized spacial score (nSPS) is 24.7. The first-order chi connectivity index (χ1) is 12.7. The number of fused-ring (bicyclic) bond motifs is 1. The van der Waals surface area contributed by atoms with Crippen LogP contribution in [0.3, 0.4) is 0 Å². The lowest BCUT2D eigenvalue weighted by atomic mass is 9.87. The highest BCUT2D eigenvalue weighted by Crippen LogP contribution is 2.23. The zero-order valence-electron chi connectivity index (χ0n) is 15.6. The molecule has 4 rings (SSSR count). The Bertz CT molecular complexity index is 708. The highest BCUT2D eigenvalue weighted by molar-refractivity contribution is 5.78. The van der Waals surface area contributed by atoms with Crippen LogP contribution in [0.1, 0.15) is 32.6 Å². The first kappa shape index (κ1) is 17.3. The van der Waals surface area contributed by atoms with Crippen molar-refractivity contribution >= 4 is 22.9 Å². The molecule has 26 heavy (non-hydrogen) atoms. The van der Waals surface area contributed by atoms with Gasteiger partial charge < -0.3 is 15.2 Å². The number of hydrogen-bond donors (Lipinski definition) is 2. The number of amides is 1. The molecule has 0 bridgehead atoms. The molecule has 1 aromatic carbocycles. The summed E-state index contributed by atoms with van der Waals surface area (Å²) in [5.74, 6) is 1.93. The van der Waals surface area contributed by atoms with Gasteiger partial charge in [0, 0.05) is 32.2 Å². The second kappa shape index (κ2) is 7.66. The third-order valence-corrected chi connectivity index (χ3v) is 5.80. The van der Waals surface area contributed by atoms with Gasteiger partial charge in [0.25, 0.3) is 0 Å². The van der Waals surface area contributed by atoms with Crippen LogP contribution in [0.15, 0.2) is 24.3 Å². The molecule has 6 nitrogen and oxygen atoms in total. The van der Waals surface area contributed by atoms with E-state index in [0.717, 1.165) is 61.9 Å². The van der Waals surface area contributed by atoms with Gasteiger partial charge in [0.05, 0.1) is 17.6 Å². The number of carbonyl (C=O) groups excluding carboxylic acids is 1. The van der Waals surface area contributed by atoms with Gasteiger partial charge in [-0.25, -0.2) is 4.98 Å². The van der Waals surface area contributed by atoms with Crippen LogP contribution in [-0.4, -0.2) is 59.5 Å². The van der Waals surface area contributed by atoms with Gasteiger partial charge in [0.15, 0.2) is 0 Å². The summed E-state index contributed by atoms with van der Waals surface area (Å²) in [5.41, 5.74) is 2.08. The minimum atomic E-state index is 0.182. The third-order valence-electron chi connectivity index (χ3n) is 5.80. The Kier molecular flexibility index (Phi) is 5.11. The van der Waals surface area contributed by atoms with Crippen molar-refractivity contribution in [2.24, 2.45) is 5.92 Å². The molecule has 1 amide bonds. The van der Waals surface area contributed by atoms with Crippen molar-refractivity contribution in [1.29, 1.82) is 0 Å². The number of H-pyrrole nitrogens is 1. The average Bonchev–Trinajstić information content (AvgIpc) is 3.08. The Labute approximate surface area is 155 Å². The van der Waals surface area contributed by atoms with Crippen molar-refractivity contribution in [3.05, 3.63) is 24.3 Å². The molecule has 2 heterocycles. The molecule has 0 atom stereocenters. The number of aromatic amines is 1. The Morgan fingerprint density at radius 2 is 1.88 bits per heavy atom. The summed E-state index contributed by atoms with van der Waals surface area (Å²) in [4.78, 5) is 24.9. The lowest BCUT2D eigenvalue weighted by Gasteiger charge is -2.34. The van der Waals surface area contributed by atoms with Gasteiger partial charge in [-0.3, -0.25) is 9.69 Å². The summed E-state index contributed by atoms with van der Waals surface area (Å²) in [6.07, 6.45) is 4.74. The van der Waals surface area contributed by atoms with Gasteiger partial charge in [0.2, 0.25) is 11.9 Å². The summed E-state index contributed by atoms with van der Waals surface area (Å²) in [5, 5.41) is 3.23. The molecule has 140 valence electrons. The molecular formula is C20H29N5O. The number of rotatable bonds is 4. The molecule has 2 aliphatic rings. The van der Waals surface area contributed by atoms with E-state index in [2.05, 4.69) is 38.1 Å². The molecule has 1 aliphatic heterocycles. The molecule has 0 unspecified atom stereocenters. The smallest absolute Gasteiger partial charge is 0.234 e. The molecule has 1 aliphatic carbocycles. The first-order valence-corrected chi connectivity index (χ1v) is 9.89. The van der Waals surface area contributed by atoms with Crippen molar-refractivity contribution < 1.29 is 4.79 Å². The minimum absolute atomic E-state index is 0.182. The molecule has 1 saturated carbocycles. The number of aromatic nitrogens is 2. The van der Waals surface area contributed by atoms with E-state index in [4.69, 9.17) is 0 Å². The molecular weight excluding hydrogens is 326 g/mol. The van der Waals surface area contributed by atoms with Gasteiger partial charge in [-0.15, -0.1) is 0 Å². The Morgan fingerprint density at radius 3 is 2.62 bits per heavy atom. The number of piperazine rings is 1. The molecule has 0 spiro atoms. The Balaban J connectivity index is 1.25. The zero-order valence-corrected chi connectivity index (χ0v) is 15.6. The van der Waals surface area contributed by atoms with Gasteiger partial charge in [-0.05, 0) is 43.7 Å². The summed E-state index contributed by atoms with van der Waals surface area (Å²) in [6.45, 7) is 6.40. The Morgan fingerprint density at radius 1 is 1.15 bits per heavy atom. The van der Waals surface area contributed by atoms with Crippen molar-refractivity contribution in [1.82, 2.24) is 20.2 Å². The average molecular weight is 355 g/mol. The van der Waals surface area contributed by atoms with E-state index in [9.17, 15) is 4.79 Å². The van der Waals surface area contributed by atoms with Gasteiger partial charge in [-0.2, -0.15) is 0 Å². The molecule has 1 aromatic heterocycles. The van der Waals surface area contributed by atoms with Crippen LogP contribution in [0.5, 0.6) is 0 Å². The fraction of sp³-hybridized carbons (Fsp3) is 0.600. The fourth-order valence-corrected chi connectivity index (χ4v) is 4.09. The fourth-order valence-electron chi connectivity index (χ4n) is 4.09. The highest BCUT2D eigenvalue weighted by atomic mass is 16.2. The van der Waals surface area contributed by atoms with Gasteiger partial charge in [-0.1, -0.05) is 19.1 Å². The lowest BCUT2D eigenvalue weighted by molar-refractivity contribution is -0.123. The molecule has 2 N–H and O–H groups in total. The van der Waals surface area contributed by atoms with Crippen molar-refractivity contribution in [2.45, 2.75) is 38.6 Å². The molecule has 6 heteroatoms. The number of para-hydroxylation sites is 2. The van der Waals surface area contributed by atoms with Gasteiger partial charge in [0.1, 0.15) is 0 Å². The molecule has 1 saturated heterocycles. The maximum Gasteiger partial charge on any atom is 0.234 e. The molecule has 0 radical (unpaired) electrons. The van der Waals surface area contributed by atoms with E-state index < -0.39 is 0 Å². The maximum absolute atomic E-state index is 12.3.